The van der Waals surface area contributed by atoms with Crippen LogP contribution in [0.15, 0.2) is 0 Å². The number of hydrogen-bond donors (Lipinski definition) is 0. The third-order valence-corrected chi connectivity index (χ3v) is 3.06. The first-order chi connectivity index (χ1) is 6.33. The molecule has 0 aromatic carbocycles. The quantitative estimate of drug-likeness (QED) is 0.650. The highest BCUT2D eigenvalue weighted by molar-refractivity contribution is 7.53. The lowest BCUT2D eigenvalue weighted by molar-refractivity contribution is 0.0122. The van der Waals surface area contributed by atoms with Gasteiger partial charge < -0.3 is 13.8 Å². The molecule has 0 aliphatic heterocycles. The molecule has 0 fully saturated rings. The van der Waals surface area contributed by atoms with Crippen LogP contribution in [-0.4, -0.2) is 25.2 Å². The van der Waals surface area contributed by atoms with Gasteiger partial charge >= 0.3 is 7.60 Å². The van der Waals surface area contributed by atoms with Gasteiger partial charge in [-0.3, -0.25) is 4.57 Å². The predicted octanol–water partition coefficient (Wildman–Crippen LogP) is 3.03. The molecule has 0 spiro atoms. The Hall–Kier alpha value is 0.110. The Morgan fingerprint density at radius 2 is 1.50 bits per heavy atom. The molecule has 0 heterocycles. The second-order valence-corrected chi connectivity index (χ2v) is 5.83. The van der Waals surface area contributed by atoms with E-state index in [-0.39, 0.29) is 11.9 Å². The molecule has 0 unspecified atom stereocenters. The molecule has 4 nitrogen and oxygen atoms in total. The predicted molar refractivity (Wildman–Crippen MR) is 56.6 cm³/mol. The van der Waals surface area contributed by atoms with E-state index < -0.39 is 7.60 Å². The monoisotopic (exact) mass is 224 g/mol. The van der Waals surface area contributed by atoms with E-state index in [1.807, 2.05) is 20.8 Å². The van der Waals surface area contributed by atoms with Crippen LogP contribution in [-0.2, 0) is 18.3 Å². The number of rotatable bonds is 6. The fourth-order valence-electron chi connectivity index (χ4n) is 0.778. The zero-order chi connectivity index (χ0) is 11.2. The Kier molecular flexibility index (Phi) is 5.91. The van der Waals surface area contributed by atoms with Crippen LogP contribution in [0.1, 0.15) is 34.6 Å². The molecule has 0 aliphatic rings. The van der Waals surface area contributed by atoms with Crippen LogP contribution in [0.2, 0.25) is 0 Å². The molecule has 0 saturated carbocycles. The van der Waals surface area contributed by atoms with Crippen molar-refractivity contribution in [3.05, 3.63) is 0 Å². The van der Waals surface area contributed by atoms with Crippen LogP contribution >= 0.6 is 7.60 Å². The highest BCUT2D eigenvalue weighted by Gasteiger charge is 2.26. The van der Waals surface area contributed by atoms with Gasteiger partial charge in [-0.05, 0) is 34.6 Å². The van der Waals surface area contributed by atoms with E-state index in [0.29, 0.717) is 13.2 Å². The van der Waals surface area contributed by atoms with Gasteiger partial charge in [0, 0.05) is 0 Å². The van der Waals surface area contributed by atoms with E-state index in [9.17, 15) is 4.57 Å². The molecule has 0 aliphatic carbocycles. The maximum absolute atomic E-state index is 11.9. The molecular weight excluding hydrogens is 203 g/mol. The van der Waals surface area contributed by atoms with Crippen LogP contribution in [0.4, 0.5) is 0 Å². The lowest BCUT2D eigenvalue weighted by Gasteiger charge is -2.23. The summed E-state index contributed by atoms with van der Waals surface area (Å²) in [6.45, 7) is 9.99. The van der Waals surface area contributed by atoms with Crippen LogP contribution in [0.25, 0.3) is 0 Å². The van der Waals surface area contributed by atoms with E-state index in [2.05, 4.69) is 0 Å². The standard InChI is InChI=1S/C9H21O4P/c1-6-12-14(10,13-7-2)8-11-9(3,4)5/h6-8H2,1-5H3. The summed E-state index contributed by atoms with van der Waals surface area (Å²) in [6.07, 6.45) is 0.0121. The van der Waals surface area contributed by atoms with Crippen LogP contribution in [0, 0.1) is 0 Å². The maximum atomic E-state index is 11.9. The van der Waals surface area contributed by atoms with Crippen LogP contribution in [0.5, 0.6) is 0 Å². The molecule has 86 valence electrons. The van der Waals surface area contributed by atoms with Gasteiger partial charge in [0.25, 0.3) is 0 Å². The first-order valence-corrected chi connectivity index (χ1v) is 6.58. The summed E-state index contributed by atoms with van der Waals surface area (Å²) in [5, 5.41) is 0. The minimum absolute atomic E-state index is 0.0121. The Labute approximate surface area is 86.5 Å². The van der Waals surface area contributed by atoms with E-state index >= 15 is 0 Å². The summed E-state index contributed by atoms with van der Waals surface area (Å²) in [7, 11) is -3.04. The topological polar surface area (TPSA) is 44.8 Å². The van der Waals surface area contributed by atoms with E-state index in [0.717, 1.165) is 0 Å². The normalized spacial score (nSPS) is 13.2. The molecule has 0 aromatic rings. The fraction of sp³-hybridized carbons (Fsp3) is 1.00. The van der Waals surface area contributed by atoms with Crippen molar-refractivity contribution in [1.82, 2.24) is 0 Å². The molecule has 0 amide bonds. The van der Waals surface area contributed by atoms with Crippen molar-refractivity contribution < 1.29 is 18.3 Å². The molecule has 0 rings (SSSR count). The molecule has 5 heteroatoms. The third-order valence-electron chi connectivity index (χ3n) is 1.31. The minimum Gasteiger partial charge on any atom is -0.363 e. The highest BCUT2D eigenvalue weighted by Crippen LogP contribution is 2.48. The zero-order valence-electron chi connectivity index (χ0n) is 9.70. The van der Waals surface area contributed by atoms with Gasteiger partial charge in [0.15, 0.2) is 0 Å². The van der Waals surface area contributed by atoms with Crippen LogP contribution < -0.4 is 0 Å². The molecule has 0 bridgehead atoms. The lowest BCUT2D eigenvalue weighted by Crippen LogP contribution is -2.20. The van der Waals surface area contributed by atoms with Gasteiger partial charge in [-0.1, -0.05) is 0 Å². The molecule has 0 radical (unpaired) electrons. The van der Waals surface area contributed by atoms with Gasteiger partial charge in [-0.25, -0.2) is 0 Å². The average molecular weight is 224 g/mol. The van der Waals surface area contributed by atoms with Crippen molar-refractivity contribution in [2.75, 3.05) is 19.6 Å². The molecular formula is C9H21O4P. The fourth-order valence-corrected chi connectivity index (χ4v) is 2.33. The minimum atomic E-state index is -3.04. The Morgan fingerprint density at radius 1 is 1.07 bits per heavy atom. The summed E-state index contributed by atoms with van der Waals surface area (Å²) < 4.78 is 27.4. The molecule has 0 saturated heterocycles. The smallest absolute Gasteiger partial charge is 0.356 e. The van der Waals surface area contributed by atoms with Crippen molar-refractivity contribution >= 4 is 7.60 Å². The van der Waals surface area contributed by atoms with Crippen molar-refractivity contribution in [3.8, 4) is 0 Å². The zero-order valence-corrected chi connectivity index (χ0v) is 10.6. The van der Waals surface area contributed by atoms with Crippen LogP contribution in [0.3, 0.4) is 0 Å². The Morgan fingerprint density at radius 3 is 1.79 bits per heavy atom. The summed E-state index contributed by atoms with van der Waals surface area (Å²) in [6, 6.07) is 0. The van der Waals surface area contributed by atoms with Crippen molar-refractivity contribution in [2.24, 2.45) is 0 Å². The average Bonchev–Trinajstić information content (AvgIpc) is 2.01. The second kappa shape index (κ2) is 5.86. The SMILES string of the molecule is CCOP(=O)(COC(C)(C)C)OCC. The van der Waals surface area contributed by atoms with Gasteiger partial charge in [0.2, 0.25) is 0 Å². The van der Waals surface area contributed by atoms with Gasteiger partial charge in [-0.15, -0.1) is 0 Å². The van der Waals surface area contributed by atoms with E-state index in [1.165, 1.54) is 0 Å². The second-order valence-electron chi connectivity index (χ2n) is 3.83. The highest BCUT2D eigenvalue weighted by atomic mass is 31.2. The van der Waals surface area contributed by atoms with Gasteiger partial charge in [0.1, 0.15) is 6.35 Å². The number of ether oxygens (including phenoxy) is 1. The maximum Gasteiger partial charge on any atom is 0.356 e. The largest absolute Gasteiger partial charge is 0.363 e. The first-order valence-electron chi connectivity index (χ1n) is 4.85. The first kappa shape index (κ1) is 14.1. The van der Waals surface area contributed by atoms with Crippen molar-refractivity contribution in [2.45, 2.75) is 40.2 Å². The molecule has 0 aromatic heterocycles. The Bertz CT molecular complexity index is 187. The Balaban J connectivity index is 4.16. The summed E-state index contributed by atoms with van der Waals surface area (Å²) in [5.41, 5.74) is -0.330. The third kappa shape index (κ3) is 6.55. The summed E-state index contributed by atoms with van der Waals surface area (Å²) in [5.74, 6) is 0. The molecule has 0 atom stereocenters. The molecule has 0 N–H and O–H groups in total. The van der Waals surface area contributed by atoms with E-state index in [4.69, 9.17) is 13.8 Å². The van der Waals surface area contributed by atoms with E-state index in [1.54, 1.807) is 13.8 Å². The summed E-state index contributed by atoms with van der Waals surface area (Å²) in [4.78, 5) is 0. The van der Waals surface area contributed by atoms with Gasteiger partial charge in [-0.2, -0.15) is 0 Å². The van der Waals surface area contributed by atoms with Crippen molar-refractivity contribution in [3.63, 3.8) is 0 Å². The van der Waals surface area contributed by atoms with Gasteiger partial charge in [0.05, 0.1) is 18.8 Å². The molecule has 14 heavy (non-hydrogen) atoms. The summed E-state index contributed by atoms with van der Waals surface area (Å²) >= 11 is 0. The number of hydrogen-bond acceptors (Lipinski definition) is 4. The lowest BCUT2D eigenvalue weighted by atomic mass is 10.2. The van der Waals surface area contributed by atoms with Crippen molar-refractivity contribution in [1.29, 1.82) is 0 Å².